The van der Waals surface area contributed by atoms with Crippen LogP contribution in [0.1, 0.15) is 38.2 Å². The quantitative estimate of drug-likeness (QED) is 0.785. The summed E-state index contributed by atoms with van der Waals surface area (Å²) >= 11 is 0. The van der Waals surface area contributed by atoms with E-state index < -0.39 is 6.04 Å². The highest BCUT2D eigenvalue weighted by atomic mass is 16.2. The molecule has 0 saturated heterocycles. The second-order valence-corrected chi connectivity index (χ2v) is 5.19. The van der Waals surface area contributed by atoms with Gasteiger partial charge in [0.1, 0.15) is 6.04 Å². The van der Waals surface area contributed by atoms with Crippen molar-refractivity contribution in [2.45, 2.75) is 45.2 Å². The fourth-order valence-corrected chi connectivity index (χ4v) is 2.63. The van der Waals surface area contributed by atoms with Gasteiger partial charge in [0.05, 0.1) is 6.07 Å². The minimum Gasteiger partial charge on any atom is -0.319 e. The summed E-state index contributed by atoms with van der Waals surface area (Å²) in [6, 6.07) is 11.7. The van der Waals surface area contributed by atoms with Crippen molar-refractivity contribution < 1.29 is 4.79 Å². The summed E-state index contributed by atoms with van der Waals surface area (Å²) in [6.07, 6.45) is 6.38. The largest absolute Gasteiger partial charge is 0.319 e. The predicted molar refractivity (Wildman–Crippen MR) is 78.6 cm³/mol. The molecule has 1 aliphatic rings. The van der Waals surface area contributed by atoms with Crippen molar-refractivity contribution >= 4 is 5.91 Å². The van der Waals surface area contributed by atoms with Crippen molar-refractivity contribution in [2.75, 3.05) is 0 Å². The maximum absolute atomic E-state index is 11.9. The van der Waals surface area contributed by atoms with E-state index in [0.717, 1.165) is 30.4 Å². The fraction of sp³-hybridized carbons (Fsp3) is 0.412. The van der Waals surface area contributed by atoms with E-state index in [-0.39, 0.29) is 5.91 Å². The summed E-state index contributed by atoms with van der Waals surface area (Å²) in [6.45, 7) is 2.03. The van der Waals surface area contributed by atoms with E-state index in [4.69, 9.17) is 0 Å². The van der Waals surface area contributed by atoms with E-state index in [1.165, 1.54) is 13.3 Å². The van der Waals surface area contributed by atoms with E-state index in [1.54, 1.807) is 4.90 Å². The number of amides is 1. The minimum atomic E-state index is -0.423. The minimum absolute atomic E-state index is 0.0492. The molecule has 20 heavy (non-hydrogen) atoms. The molecule has 1 aromatic rings. The monoisotopic (exact) mass is 268 g/mol. The first kappa shape index (κ1) is 14.3. The van der Waals surface area contributed by atoms with Crippen molar-refractivity contribution in [3.05, 3.63) is 47.5 Å². The zero-order chi connectivity index (χ0) is 14.4. The first-order valence-electron chi connectivity index (χ1n) is 7.12. The lowest BCUT2D eigenvalue weighted by atomic mass is 9.93. The van der Waals surface area contributed by atoms with Crippen molar-refractivity contribution in [3.63, 3.8) is 0 Å². The Bertz CT molecular complexity index is 528. The van der Waals surface area contributed by atoms with Gasteiger partial charge in [-0.2, -0.15) is 5.26 Å². The van der Waals surface area contributed by atoms with Gasteiger partial charge in [-0.3, -0.25) is 4.79 Å². The maximum Gasteiger partial charge on any atom is 0.221 e. The van der Waals surface area contributed by atoms with E-state index in [1.807, 2.05) is 30.3 Å². The molecule has 0 aromatic heterocycles. The summed E-state index contributed by atoms with van der Waals surface area (Å²) in [4.78, 5) is 13.6. The van der Waals surface area contributed by atoms with E-state index in [0.29, 0.717) is 6.54 Å². The Morgan fingerprint density at radius 1 is 1.35 bits per heavy atom. The molecule has 3 nitrogen and oxygen atoms in total. The van der Waals surface area contributed by atoms with Crippen molar-refractivity contribution in [2.24, 2.45) is 0 Å². The summed E-state index contributed by atoms with van der Waals surface area (Å²) in [5.74, 6) is -0.0492. The molecule has 0 N–H and O–H groups in total. The highest BCUT2D eigenvalue weighted by molar-refractivity contribution is 5.74. The zero-order valence-electron chi connectivity index (χ0n) is 11.9. The number of benzene rings is 1. The molecule has 0 radical (unpaired) electrons. The number of nitriles is 1. The lowest BCUT2D eigenvalue weighted by Crippen LogP contribution is -2.39. The summed E-state index contributed by atoms with van der Waals surface area (Å²) in [5, 5.41) is 9.49. The van der Waals surface area contributed by atoms with E-state index in [2.05, 4.69) is 12.1 Å². The summed E-state index contributed by atoms with van der Waals surface area (Å²) < 4.78 is 0. The molecule has 1 aromatic carbocycles. The van der Waals surface area contributed by atoms with Gasteiger partial charge < -0.3 is 4.90 Å². The van der Waals surface area contributed by atoms with Crippen LogP contribution in [-0.2, 0) is 11.3 Å². The first-order valence-corrected chi connectivity index (χ1v) is 7.12. The van der Waals surface area contributed by atoms with Crippen LogP contribution >= 0.6 is 0 Å². The number of allylic oxidation sites excluding steroid dienone is 1. The Morgan fingerprint density at radius 2 is 2.10 bits per heavy atom. The van der Waals surface area contributed by atoms with Crippen LogP contribution in [0.5, 0.6) is 0 Å². The van der Waals surface area contributed by atoms with Crippen LogP contribution in [0.25, 0.3) is 0 Å². The molecule has 0 heterocycles. The van der Waals surface area contributed by atoms with Crippen molar-refractivity contribution in [1.29, 1.82) is 5.26 Å². The average molecular weight is 268 g/mol. The molecule has 3 heteroatoms. The maximum atomic E-state index is 11.9. The fourth-order valence-electron chi connectivity index (χ4n) is 2.63. The van der Waals surface area contributed by atoms with E-state index >= 15 is 0 Å². The topological polar surface area (TPSA) is 44.1 Å². The Morgan fingerprint density at radius 3 is 2.65 bits per heavy atom. The molecule has 0 spiro atoms. The number of hydrogen-bond donors (Lipinski definition) is 0. The highest BCUT2D eigenvalue weighted by Gasteiger charge is 2.25. The Balaban J connectivity index is 2.20. The number of nitrogens with zero attached hydrogens (tertiary/aromatic N) is 2. The molecule has 1 atom stereocenters. The first-order chi connectivity index (χ1) is 9.72. The smallest absolute Gasteiger partial charge is 0.221 e. The van der Waals surface area contributed by atoms with Crippen LogP contribution in [-0.4, -0.2) is 16.8 Å². The zero-order valence-corrected chi connectivity index (χ0v) is 11.9. The Labute approximate surface area is 120 Å². The number of carbonyl (C=O) groups excluding carboxylic acids is 1. The van der Waals surface area contributed by atoms with Gasteiger partial charge in [0.15, 0.2) is 0 Å². The Hall–Kier alpha value is -2.08. The van der Waals surface area contributed by atoms with E-state index in [9.17, 15) is 10.1 Å². The molecule has 0 saturated carbocycles. The molecule has 0 bridgehead atoms. The third-order valence-electron chi connectivity index (χ3n) is 3.71. The number of rotatable bonds is 4. The molecule has 1 amide bonds. The lowest BCUT2D eigenvalue weighted by molar-refractivity contribution is -0.130. The molecule has 104 valence electrons. The molecular weight excluding hydrogens is 248 g/mol. The molecular formula is C17H20N2O. The normalized spacial score (nSPS) is 15.9. The predicted octanol–water partition coefficient (Wildman–Crippen LogP) is 3.43. The van der Waals surface area contributed by atoms with Crippen LogP contribution in [0.15, 0.2) is 42.0 Å². The molecule has 0 aliphatic heterocycles. The SMILES string of the molecule is CC(=O)N(Cc1ccccc1)[C@H](C#N)C1=CCCCC1. The standard InChI is InChI=1S/C17H20N2O/c1-14(20)19(13-15-8-4-2-5-9-15)17(12-18)16-10-6-3-7-11-16/h2,4-5,8-10,17H,3,6-7,11,13H2,1H3/t17-/m1/s1. The number of carbonyl (C=O) groups is 1. The van der Waals surface area contributed by atoms with Gasteiger partial charge in [0.2, 0.25) is 5.91 Å². The summed E-state index contributed by atoms with van der Waals surface area (Å²) in [7, 11) is 0. The van der Waals surface area contributed by atoms with Crippen LogP contribution in [0.2, 0.25) is 0 Å². The second kappa shape index (κ2) is 6.91. The third-order valence-corrected chi connectivity index (χ3v) is 3.71. The van der Waals surface area contributed by atoms with Gasteiger partial charge in [0.25, 0.3) is 0 Å². The van der Waals surface area contributed by atoms with Gasteiger partial charge in [0, 0.05) is 13.5 Å². The van der Waals surface area contributed by atoms with Gasteiger partial charge in [-0.1, -0.05) is 36.4 Å². The van der Waals surface area contributed by atoms with Crippen LogP contribution < -0.4 is 0 Å². The molecule has 1 aliphatic carbocycles. The van der Waals surface area contributed by atoms with Gasteiger partial charge >= 0.3 is 0 Å². The molecule has 0 unspecified atom stereocenters. The van der Waals surface area contributed by atoms with Crippen LogP contribution in [0.3, 0.4) is 0 Å². The average Bonchev–Trinajstić information content (AvgIpc) is 2.49. The highest BCUT2D eigenvalue weighted by Crippen LogP contribution is 2.24. The van der Waals surface area contributed by atoms with Crippen LogP contribution in [0, 0.1) is 11.3 Å². The van der Waals surface area contributed by atoms with Crippen molar-refractivity contribution in [3.8, 4) is 6.07 Å². The molecule has 2 rings (SSSR count). The van der Waals surface area contributed by atoms with Gasteiger partial charge in [-0.15, -0.1) is 0 Å². The van der Waals surface area contributed by atoms with Crippen molar-refractivity contribution in [1.82, 2.24) is 4.90 Å². The lowest BCUT2D eigenvalue weighted by Gasteiger charge is -2.29. The number of hydrogen-bond acceptors (Lipinski definition) is 2. The second-order valence-electron chi connectivity index (χ2n) is 5.19. The van der Waals surface area contributed by atoms with Gasteiger partial charge in [-0.05, 0) is 36.8 Å². The van der Waals surface area contributed by atoms with Gasteiger partial charge in [-0.25, -0.2) is 0 Å². The Kier molecular flexibility index (Phi) is 4.95. The van der Waals surface area contributed by atoms with Crippen LogP contribution in [0.4, 0.5) is 0 Å². The third kappa shape index (κ3) is 3.48. The molecule has 0 fully saturated rings. The summed E-state index contributed by atoms with van der Waals surface area (Å²) in [5.41, 5.74) is 2.16.